The van der Waals surface area contributed by atoms with Crippen molar-refractivity contribution in [1.29, 1.82) is 0 Å². The molecule has 1 N–H and O–H groups in total. The molecule has 0 radical (unpaired) electrons. The SMILES string of the molecule is CCCCCc1c(O)n(Cc2ccc(F)cc2)c2nc3c(c(=O)n(C)c(=O)n3C)n2c1=O. The molecule has 0 aliphatic rings. The van der Waals surface area contributed by atoms with Crippen LogP contribution in [0.3, 0.4) is 0 Å². The normalized spacial score (nSPS) is 11.6. The maximum Gasteiger partial charge on any atom is 0.332 e. The molecule has 0 saturated carbocycles. The van der Waals surface area contributed by atoms with E-state index in [0.29, 0.717) is 18.4 Å². The van der Waals surface area contributed by atoms with Gasteiger partial charge >= 0.3 is 5.69 Å². The van der Waals surface area contributed by atoms with Crippen LogP contribution in [0.5, 0.6) is 5.88 Å². The summed E-state index contributed by atoms with van der Waals surface area (Å²) in [6, 6.07) is 5.74. The second-order valence-corrected chi connectivity index (χ2v) is 7.90. The number of hydrogen-bond donors (Lipinski definition) is 1. The summed E-state index contributed by atoms with van der Waals surface area (Å²) in [6.07, 6.45) is 2.81. The van der Waals surface area contributed by atoms with Crippen molar-refractivity contribution in [2.24, 2.45) is 14.1 Å². The molecule has 4 rings (SSSR count). The minimum Gasteiger partial charge on any atom is -0.494 e. The number of halogens is 1. The minimum atomic E-state index is -0.647. The van der Waals surface area contributed by atoms with E-state index in [-0.39, 0.29) is 34.9 Å². The highest BCUT2D eigenvalue weighted by Gasteiger charge is 2.24. The van der Waals surface area contributed by atoms with Crippen LogP contribution in [0, 0.1) is 5.82 Å². The first kappa shape index (κ1) is 21.5. The van der Waals surface area contributed by atoms with E-state index in [0.717, 1.165) is 17.4 Å². The van der Waals surface area contributed by atoms with Gasteiger partial charge in [-0.25, -0.2) is 13.6 Å². The van der Waals surface area contributed by atoms with Crippen molar-refractivity contribution in [2.75, 3.05) is 0 Å². The Morgan fingerprint density at radius 2 is 1.69 bits per heavy atom. The first-order valence-corrected chi connectivity index (χ1v) is 10.4. The minimum absolute atomic E-state index is 0.0285. The van der Waals surface area contributed by atoms with Gasteiger partial charge in [0.1, 0.15) is 5.82 Å². The molecule has 9 nitrogen and oxygen atoms in total. The smallest absolute Gasteiger partial charge is 0.332 e. The Kier molecular flexibility index (Phi) is 5.45. The fourth-order valence-electron chi connectivity index (χ4n) is 3.93. The zero-order valence-electron chi connectivity index (χ0n) is 18.1. The van der Waals surface area contributed by atoms with Gasteiger partial charge < -0.3 is 5.11 Å². The molecule has 32 heavy (non-hydrogen) atoms. The molecule has 3 aromatic heterocycles. The summed E-state index contributed by atoms with van der Waals surface area (Å²) < 4.78 is 18.1. The van der Waals surface area contributed by atoms with Crippen molar-refractivity contribution < 1.29 is 9.50 Å². The fraction of sp³-hybridized carbons (Fsp3) is 0.364. The van der Waals surface area contributed by atoms with Gasteiger partial charge in [-0.2, -0.15) is 4.98 Å². The second kappa shape index (κ2) is 8.10. The summed E-state index contributed by atoms with van der Waals surface area (Å²) >= 11 is 0. The molecule has 0 atom stereocenters. The van der Waals surface area contributed by atoms with E-state index in [1.54, 1.807) is 12.1 Å². The third kappa shape index (κ3) is 3.31. The maximum absolute atomic E-state index is 13.4. The zero-order chi connectivity index (χ0) is 23.2. The predicted molar refractivity (Wildman–Crippen MR) is 118 cm³/mol. The molecule has 0 saturated heterocycles. The van der Waals surface area contributed by atoms with Gasteiger partial charge in [-0.3, -0.25) is 23.3 Å². The summed E-state index contributed by atoms with van der Waals surface area (Å²) in [4.78, 5) is 43.1. The molecule has 10 heteroatoms. The standard InChI is InChI=1S/C22H24FN5O4/c1-4-5-6-7-15-18(29)27(12-13-8-10-14(23)11-9-13)21-24-17-16(28(21)19(15)30)20(31)26(3)22(32)25(17)2/h8-11,29H,4-7,12H2,1-3H3. The van der Waals surface area contributed by atoms with Crippen LogP contribution in [0.15, 0.2) is 38.6 Å². The zero-order valence-corrected chi connectivity index (χ0v) is 18.1. The number of aryl methyl sites for hydroxylation is 1. The van der Waals surface area contributed by atoms with Crippen LogP contribution < -0.4 is 16.8 Å². The lowest BCUT2D eigenvalue weighted by atomic mass is 10.1. The number of nitrogens with zero attached hydrogens (tertiary/aromatic N) is 5. The number of unbranched alkanes of at least 4 members (excludes halogenated alkanes) is 2. The number of aromatic nitrogens is 5. The van der Waals surface area contributed by atoms with Crippen LogP contribution in [0.1, 0.15) is 37.3 Å². The first-order chi connectivity index (χ1) is 15.3. The summed E-state index contributed by atoms with van der Waals surface area (Å²) in [5.74, 6) is -0.613. The Hall–Kier alpha value is -3.69. The van der Waals surface area contributed by atoms with Crippen molar-refractivity contribution in [1.82, 2.24) is 23.1 Å². The fourth-order valence-corrected chi connectivity index (χ4v) is 3.93. The summed E-state index contributed by atoms with van der Waals surface area (Å²) in [6.45, 7) is 2.12. The maximum atomic E-state index is 13.4. The van der Waals surface area contributed by atoms with Gasteiger partial charge in [-0.15, -0.1) is 0 Å². The number of benzene rings is 1. The Balaban J connectivity index is 2.10. The third-order valence-electron chi connectivity index (χ3n) is 5.75. The Labute approximate surface area is 181 Å². The van der Waals surface area contributed by atoms with Crippen LogP contribution in [-0.4, -0.2) is 28.2 Å². The van der Waals surface area contributed by atoms with Crippen LogP contribution in [0.4, 0.5) is 4.39 Å². The monoisotopic (exact) mass is 441 g/mol. The molecule has 3 heterocycles. The molecular weight excluding hydrogens is 417 g/mol. The van der Waals surface area contributed by atoms with E-state index in [1.807, 2.05) is 6.92 Å². The van der Waals surface area contributed by atoms with Gasteiger partial charge in [0.15, 0.2) is 11.2 Å². The summed E-state index contributed by atoms with van der Waals surface area (Å²) in [7, 11) is 2.80. The molecule has 0 aliphatic heterocycles. The number of aromatic hydroxyl groups is 1. The Morgan fingerprint density at radius 1 is 1.00 bits per heavy atom. The topological polar surface area (TPSA) is 104 Å². The number of rotatable bonds is 6. The highest BCUT2D eigenvalue weighted by atomic mass is 19.1. The van der Waals surface area contributed by atoms with E-state index in [9.17, 15) is 23.9 Å². The largest absolute Gasteiger partial charge is 0.494 e. The van der Waals surface area contributed by atoms with Crippen LogP contribution in [-0.2, 0) is 27.1 Å². The predicted octanol–water partition coefficient (Wildman–Crippen LogP) is 1.67. The highest BCUT2D eigenvalue weighted by Crippen LogP contribution is 2.23. The number of hydrogen-bond acceptors (Lipinski definition) is 5. The van der Waals surface area contributed by atoms with E-state index in [4.69, 9.17) is 0 Å². The highest BCUT2D eigenvalue weighted by molar-refractivity contribution is 5.75. The average molecular weight is 441 g/mol. The molecule has 1 aromatic carbocycles. The Morgan fingerprint density at radius 3 is 2.34 bits per heavy atom. The molecule has 0 bridgehead atoms. The van der Waals surface area contributed by atoms with E-state index in [2.05, 4.69) is 4.98 Å². The van der Waals surface area contributed by atoms with Gasteiger partial charge in [0.05, 0.1) is 12.1 Å². The molecular formula is C22H24FN5O4. The molecule has 0 aliphatic carbocycles. The lowest BCUT2D eigenvalue weighted by Gasteiger charge is -2.15. The van der Waals surface area contributed by atoms with Crippen molar-refractivity contribution in [3.8, 4) is 5.88 Å². The lowest BCUT2D eigenvalue weighted by molar-refractivity contribution is 0.410. The van der Waals surface area contributed by atoms with Gasteiger partial charge in [0.25, 0.3) is 11.1 Å². The molecule has 0 fully saturated rings. The average Bonchev–Trinajstić information content (AvgIpc) is 3.18. The molecule has 168 valence electrons. The van der Waals surface area contributed by atoms with Crippen LogP contribution in [0.25, 0.3) is 16.9 Å². The van der Waals surface area contributed by atoms with E-state index in [1.165, 1.54) is 39.8 Å². The van der Waals surface area contributed by atoms with E-state index < -0.39 is 22.6 Å². The van der Waals surface area contributed by atoms with E-state index >= 15 is 0 Å². The van der Waals surface area contributed by atoms with Crippen LogP contribution >= 0.6 is 0 Å². The molecule has 4 aromatic rings. The quantitative estimate of drug-likeness (QED) is 0.459. The van der Waals surface area contributed by atoms with Crippen molar-refractivity contribution in [3.05, 3.63) is 72.4 Å². The second-order valence-electron chi connectivity index (χ2n) is 7.90. The number of imidazole rings is 1. The molecule has 0 amide bonds. The van der Waals surface area contributed by atoms with Gasteiger partial charge in [0, 0.05) is 14.1 Å². The van der Waals surface area contributed by atoms with Gasteiger partial charge in [-0.1, -0.05) is 31.9 Å². The summed E-state index contributed by atoms with van der Waals surface area (Å²) in [5, 5.41) is 11.0. The van der Waals surface area contributed by atoms with Gasteiger partial charge in [0.2, 0.25) is 11.7 Å². The van der Waals surface area contributed by atoms with Crippen LogP contribution in [0.2, 0.25) is 0 Å². The molecule has 0 unspecified atom stereocenters. The van der Waals surface area contributed by atoms with Gasteiger partial charge in [-0.05, 0) is 30.5 Å². The lowest BCUT2D eigenvalue weighted by Crippen LogP contribution is -2.38. The first-order valence-electron chi connectivity index (χ1n) is 10.4. The van der Waals surface area contributed by atoms with Crippen molar-refractivity contribution >= 4 is 16.9 Å². The van der Waals surface area contributed by atoms with Crippen molar-refractivity contribution in [3.63, 3.8) is 0 Å². The Bertz CT molecular complexity index is 1510. The molecule has 0 spiro atoms. The number of fused-ring (bicyclic) bond motifs is 3. The third-order valence-corrected chi connectivity index (χ3v) is 5.75. The van der Waals surface area contributed by atoms with Crippen molar-refractivity contribution in [2.45, 2.75) is 39.2 Å². The summed E-state index contributed by atoms with van der Waals surface area (Å²) in [5.41, 5.74) is -0.902.